The van der Waals surface area contributed by atoms with E-state index in [1.165, 1.54) is 0 Å². The molecule has 0 fully saturated rings. The van der Waals surface area contributed by atoms with Crippen molar-refractivity contribution in [3.63, 3.8) is 0 Å². The molecule has 1 heterocycles. The van der Waals surface area contributed by atoms with Gasteiger partial charge in [-0.1, -0.05) is 48.5 Å². The molecule has 170 valence electrons. The first-order valence-electron chi connectivity index (χ1n) is 10.1. The number of carboxylic acid groups (broad SMARTS) is 1. The van der Waals surface area contributed by atoms with Crippen molar-refractivity contribution in [1.82, 2.24) is 10.3 Å². The summed E-state index contributed by atoms with van der Waals surface area (Å²) in [4.78, 5) is 27.5. The first-order valence-corrected chi connectivity index (χ1v) is 10.1. The van der Waals surface area contributed by atoms with Crippen molar-refractivity contribution in [2.45, 2.75) is 24.6 Å². The summed E-state index contributed by atoms with van der Waals surface area (Å²) < 4.78 is 44.0. The van der Waals surface area contributed by atoms with Gasteiger partial charge in [0, 0.05) is 24.7 Å². The Labute approximate surface area is 187 Å². The fourth-order valence-corrected chi connectivity index (χ4v) is 3.97. The van der Waals surface area contributed by atoms with Crippen molar-refractivity contribution < 1.29 is 32.6 Å². The third-order valence-electron chi connectivity index (χ3n) is 5.50. The third kappa shape index (κ3) is 4.82. The standard InChI is InChI=1S/C24H19F3N2O4/c25-24(26,27)15-9-14(11-28-12-15)10-21(22(30)31)29-23(32)33-13-20-18-7-3-1-5-16(18)17-6-2-4-8-19(17)20/h1-9,11-12,20-21H,10,13H2,(H,29,32)(H,30,31). The summed E-state index contributed by atoms with van der Waals surface area (Å²) in [5, 5.41) is 11.7. The van der Waals surface area contributed by atoms with E-state index in [-0.39, 0.29) is 24.5 Å². The number of nitrogens with zero attached hydrogens (tertiary/aromatic N) is 1. The molecule has 0 radical (unpaired) electrons. The van der Waals surface area contributed by atoms with Crippen LogP contribution in [0.3, 0.4) is 0 Å². The molecule has 0 saturated heterocycles. The minimum atomic E-state index is -4.61. The van der Waals surface area contributed by atoms with Gasteiger partial charge >= 0.3 is 18.2 Å². The average Bonchev–Trinajstić information content (AvgIpc) is 3.10. The minimum absolute atomic E-state index is 0.0166. The van der Waals surface area contributed by atoms with E-state index < -0.39 is 29.8 Å². The van der Waals surface area contributed by atoms with Gasteiger partial charge in [-0.05, 0) is 33.9 Å². The lowest BCUT2D eigenvalue weighted by atomic mass is 9.98. The highest BCUT2D eigenvalue weighted by Gasteiger charge is 2.32. The summed E-state index contributed by atoms with van der Waals surface area (Å²) in [6, 6.07) is 14.8. The number of alkyl halides is 3. The van der Waals surface area contributed by atoms with Crippen molar-refractivity contribution in [1.29, 1.82) is 0 Å². The highest BCUT2D eigenvalue weighted by molar-refractivity contribution is 5.81. The molecule has 4 rings (SSSR count). The lowest BCUT2D eigenvalue weighted by Gasteiger charge is -2.18. The molecule has 0 bridgehead atoms. The first kappa shape index (κ1) is 22.3. The van der Waals surface area contributed by atoms with E-state index in [1.54, 1.807) is 0 Å². The van der Waals surface area contributed by atoms with E-state index in [4.69, 9.17) is 4.74 Å². The maximum atomic E-state index is 12.9. The van der Waals surface area contributed by atoms with Crippen LogP contribution in [0.5, 0.6) is 0 Å². The molecule has 2 N–H and O–H groups in total. The Balaban J connectivity index is 1.43. The summed E-state index contributed by atoms with van der Waals surface area (Å²) in [6.45, 7) is -0.0166. The molecule has 1 amide bonds. The van der Waals surface area contributed by atoms with Crippen LogP contribution in [0.4, 0.5) is 18.0 Å². The molecular weight excluding hydrogens is 437 g/mol. The number of ether oxygens (including phenoxy) is 1. The van der Waals surface area contributed by atoms with Gasteiger partial charge in [0.2, 0.25) is 0 Å². The maximum absolute atomic E-state index is 12.9. The summed E-state index contributed by atoms with van der Waals surface area (Å²) in [7, 11) is 0. The number of carbonyl (C=O) groups is 2. The Morgan fingerprint density at radius 3 is 2.21 bits per heavy atom. The molecular formula is C24H19F3N2O4. The van der Waals surface area contributed by atoms with Crippen LogP contribution in [0.15, 0.2) is 67.0 Å². The van der Waals surface area contributed by atoms with Crippen LogP contribution in [0.25, 0.3) is 11.1 Å². The second kappa shape index (κ2) is 8.93. The Morgan fingerprint density at radius 2 is 1.64 bits per heavy atom. The lowest BCUT2D eigenvalue weighted by molar-refractivity contribution is -0.139. The van der Waals surface area contributed by atoms with Crippen LogP contribution in [-0.2, 0) is 22.1 Å². The van der Waals surface area contributed by atoms with Crippen LogP contribution >= 0.6 is 0 Å². The van der Waals surface area contributed by atoms with Crippen molar-refractivity contribution in [2.75, 3.05) is 6.61 Å². The highest BCUT2D eigenvalue weighted by atomic mass is 19.4. The van der Waals surface area contributed by atoms with E-state index >= 15 is 0 Å². The topological polar surface area (TPSA) is 88.5 Å². The van der Waals surface area contributed by atoms with Gasteiger partial charge in [-0.25, -0.2) is 9.59 Å². The molecule has 3 aromatic rings. The minimum Gasteiger partial charge on any atom is -0.480 e. The van der Waals surface area contributed by atoms with E-state index in [1.807, 2.05) is 48.5 Å². The van der Waals surface area contributed by atoms with E-state index in [9.17, 15) is 27.9 Å². The van der Waals surface area contributed by atoms with Gasteiger partial charge < -0.3 is 15.2 Å². The highest BCUT2D eigenvalue weighted by Crippen LogP contribution is 2.44. The predicted molar refractivity (Wildman–Crippen MR) is 113 cm³/mol. The van der Waals surface area contributed by atoms with E-state index in [2.05, 4.69) is 10.3 Å². The summed E-state index contributed by atoms with van der Waals surface area (Å²) >= 11 is 0. The number of carbonyl (C=O) groups excluding carboxylic acids is 1. The van der Waals surface area contributed by atoms with Gasteiger partial charge in [0.1, 0.15) is 12.6 Å². The Morgan fingerprint density at radius 1 is 1.03 bits per heavy atom. The van der Waals surface area contributed by atoms with Crippen molar-refractivity contribution in [3.05, 3.63) is 89.2 Å². The Bertz CT molecular complexity index is 1150. The number of aliphatic carboxylic acids is 1. The molecule has 1 aliphatic rings. The van der Waals surface area contributed by atoms with Crippen LogP contribution in [-0.4, -0.2) is 34.8 Å². The number of rotatable bonds is 6. The molecule has 0 spiro atoms. The monoisotopic (exact) mass is 456 g/mol. The second-order valence-electron chi connectivity index (χ2n) is 7.64. The van der Waals surface area contributed by atoms with Gasteiger partial charge in [-0.2, -0.15) is 13.2 Å². The van der Waals surface area contributed by atoms with Crippen molar-refractivity contribution >= 4 is 12.1 Å². The second-order valence-corrected chi connectivity index (χ2v) is 7.64. The summed E-state index contributed by atoms with van der Waals surface area (Å²) in [6.07, 6.45) is -4.18. The summed E-state index contributed by atoms with van der Waals surface area (Å²) in [5.41, 5.74) is 3.11. The third-order valence-corrected chi connectivity index (χ3v) is 5.50. The Kier molecular flexibility index (Phi) is 6.04. The predicted octanol–water partition coefficient (Wildman–Crippen LogP) is 4.63. The van der Waals surface area contributed by atoms with Gasteiger partial charge in [0.15, 0.2) is 0 Å². The van der Waals surface area contributed by atoms with Crippen LogP contribution in [0.2, 0.25) is 0 Å². The van der Waals surface area contributed by atoms with Gasteiger partial charge in [0.05, 0.1) is 5.56 Å². The number of alkyl carbamates (subject to hydrolysis) is 1. The number of pyridine rings is 1. The number of benzene rings is 2. The van der Waals surface area contributed by atoms with Gasteiger partial charge in [0.25, 0.3) is 0 Å². The number of amides is 1. The zero-order chi connectivity index (χ0) is 23.6. The molecule has 6 nitrogen and oxygen atoms in total. The zero-order valence-corrected chi connectivity index (χ0v) is 17.2. The molecule has 0 saturated carbocycles. The molecule has 1 atom stereocenters. The van der Waals surface area contributed by atoms with Crippen LogP contribution in [0.1, 0.15) is 28.2 Å². The normalized spacial score (nSPS) is 13.7. The smallest absolute Gasteiger partial charge is 0.417 e. The van der Waals surface area contributed by atoms with Crippen LogP contribution < -0.4 is 5.32 Å². The summed E-state index contributed by atoms with van der Waals surface area (Å²) in [5.74, 6) is -1.61. The quantitative estimate of drug-likeness (QED) is 0.565. The largest absolute Gasteiger partial charge is 0.480 e. The van der Waals surface area contributed by atoms with Gasteiger partial charge in [-0.3, -0.25) is 4.98 Å². The number of aromatic nitrogens is 1. The van der Waals surface area contributed by atoms with Crippen molar-refractivity contribution in [3.8, 4) is 11.1 Å². The number of hydrogen-bond donors (Lipinski definition) is 2. The SMILES string of the molecule is O=C(NC(Cc1cncc(C(F)(F)F)c1)C(=O)O)OCC1c2ccccc2-c2ccccc21. The molecule has 1 aliphatic carbocycles. The zero-order valence-electron chi connectivity index (χ0n) is 17.2. The van der Waals surface area contributed by atoms with Gasteiger partial charge in [-0.15, -0.1) is 0 Å². The first-order chi connectivity index (χ1) is 15.7. The number of nitrogens with one attached hydrogen (secondary N) is 1. The fourth-order valence-electron chi connectivity index (χ4n) is 3.97. The lowest BCUT2D eigenvalue weighted by Crippen LogP contribution is -2.43. The van der Waals surface area contributed by atoms with Crippen molar-refractivity contribution in [2.24, 2.45) is 0 Å². The van der Waals surface area contributed by atoms with E-state index in [0.717, 1.165) is 34.5 Å². The number of carboxylic acids is 1. The molecule has 9 heteroatoms. The van der Waals surface area contributed by atoms with E-state index in [0.29, 0.717) is 6.20 Å². The number of halogens is 3. The maximum Gasteiger partial charge on any atom is 0.417 e. The number of fused-ring (bicyclic) bond motifs is 3. The molecule has 2 aromatic carbocycles. The van der Waals surface area contributed by atoms with Crippen LogP contribution in [0, 0.1) is 0 Å². The number of hydrogen-bond acceptors (Lipinski definition) is 4. The molecule has 33 heavy (non-hydrogen) atoms. The fraction of sp³-hybridized carbons (Fsp3) is 0.208. The molecule has 0 aliphatic heterocycles. The average molecular weight is 456 g/mol. The molecule has 1 unspecified atom stereocenters. The molecule has 1 aromatic heterocycles. The Hall–Kier alpha value is -3.88.